The molecule has 0 amide bonds. The number of hydrogen-bond acceptors (Lipinski definition) is 3. The summed E-state index contributed by atoms with van der Waals surface area (Å²) in [5, 5.41) is 9.26. The molecule has 0 aliphatic rings. The second-order valence-electron chi connectivity index (χ2n) is 11.4. The summed E-state index contributed by atoms with van der Waals surface area (Å²) in [6.07, 6.45) is 20.4. The molecule has 0 spiro atoms. The van der Waals surface area contributed by atoms with E-state index in [-0.39, 0.29) is 11.1 Å². The van der Waals surface area contributed by atoms with Crippen LogP contribution in [0.5, 0.6) is 0 Å². The molecule has 0 aliphatic heterocycles. The normalized spacial score (nSPS) is 12.5. The van der Waals surface area contributed by atoms with Crippen LogP contribution in [0.2, 0.25) is 0 Å². The van der Waals surface area contributed by atoms with Gasteiger partial charge in [-0.2, -0.15) is 0 Å². The first-order chi connectivity index (χ1) is 16.7. The van der Waals surface area contributed by atoms with E-state index in [0.717, 1.165) is 18.8 Å². The number of rotatable bonds is 20. The van der Waals surface area contributed by atoms with Crippen molar-refractivity contribution in [1.82, 2.24) is 0 Å². The van der Waals surface area contributed by atoms with Crippen molar-refractivity contribution < 1.29 is 19.4 Å². The van der Waals surface area contributed by atoms with Crippen LogP contribution in [-0.2, 0) is 4.74 Å². The summed E-state index contributed by atoms with van der Waals surface area (Å²) < 4.78 is 5.39. The zero-order valence-electron chi connectivity index (χ0n) is 23.1. The highest BCUT2D eigenvalue weighted by atomic mass is 16.5. The maximum absolute atomic E-state index is 12.3. The van der Waals surface area contributed by atoms with Gasteiger partial charge in [0.05, 0.1) is 17.7 Å². The molecule has 0 saturated heterocycles. The Balaban J connectivity index is 2.35. The largest absolute Gasteiger partial charge is 0.478 e. The third-order valence-corrected chi connectivity index (χ3v) is 6.87. The Kier molecular flexibility index (Phi) is 16.4. The van der Waals surface area contributed by atoms with Gasteiger partial charge in [-0.1, -0.05) is 123 Å². The van der Waals surface area contributed by atoms with E-state index in [1.165, 1.54) is 102 Å². The SMILES string of the molecule is CCCCCCCCCC(CCCCCC(C)(C)C)CCCCOC(=O)c1ccccc1C(=O)O. The fraction of sp³-hybridized carbons (Fsp3) is 0.742. The zero-order valence-corrected chi connectivity index (χ0v) is 23.1. The van der Waals surface area contributed by atoms with Crippen LogP contribution < -0.4 is 0 Å². The van der Waals surface area contributed by atoms with Crippen molar-refractivity contribution in [3.05, 3.63) is 35.4 Å². The molecule has 1 N–H and O–H groups in total. The number of carbonyl (C=O) groups is 2. The molecule has 1 unspecified atom stereocenters. The maximum atomic E-state index is 12.3. The van der Waals surface area contributed by atoms with Gasteiger partial charge in [-0.15, -0.1) is 0 Å². The second-order valence-corrected chi connectivity index (χ2v) is 11.4. The van der Waals surface area contributed by atoms with Gasteiger partial charge >= 0.3 is 11.9 Å². The number of carboxylic acids is 1. The van der Waals surface area contributed by atoms with E-state index >= 15 is 0 Å². The van der Waals surface area contributed by atoms with Gasteiger partial charge < -0.3 is 9.84 Å². The smallest absolute Gasteiger partial charge is 0.339 e. The van der Waals surface area contributed by atoms with Crippen molar-refractivity contribution in [3.8, 4) is 0 Å². The van der Waals surface area contributed by atoms with Gasteiger partial charge in [0, 0.05) is 0 Å². The molecule has 1 atom stereocenters. The van der Waals surface area contributed by atoms with E-state index < -0.39 is 11.9 Å². The Morgan fingerprint density at radius 2 is 1.29 bits per heavy atom. The number of carbonyl (C=O) groups excluding carboxylic acids is 1. The van der Waals surface area contributed by atoms with E-state index in [1.807, 2.05) is 0 Å². The molecular weight excluding hydrogens is 436 g/mol. The molecule has 0 radical (unpaired) electrons. The van der Waals surface area contributed by atoms with Crippen LogP contribution in [0.3, 0.4) is 0 Å². The third kappa shape index (κ3) is 15.7. The molecule has 35 heavy (non-hydrogen) atoms. The van der Waals surface area contributed by atoms with Gasteiger partial charge in [0.25, 0.3) is 0 Å². The molecule has 0 aliphatic carbocycles. The molecule has 0 fully saturated rings. The number of unbranched alkanes of at least 4 members (excludes halogenated alkanes) is 9. The molecule has 200 valence electrons. The lowest BCUT2D eigenvalue weighted by Gasteiger charge is -2.19. The van der Waals surface area contributed by atoms with Gasteiger partial charge in [-0.3, -0.25) is 0 Å². The van der Waals surface area contributed by atoms with Crippen LogP contribution in [0.15, 0.2) is 24.3 Å². The van der Waals surface area contributed by atoms with E-state index in [9.17, 15) is 14.7 Å². The van der Waals surface area contributed by atoms with Gasteiger partial charge in [0.1, 0.15) is 0 Å². The molecule has 4 nitrogen and oxygen atoms in total. The van der Waals surface area contributed by atoms with Gasteiger partial charge in [-0.25, -0.2) is 9.59 Å². The van der Waals surface area contributed by atoms with Crippen LogP contribution >= 0.6 is 0 Å². The average Bonchev–Trinajstić information content (AvgIpc) is 2.81. The van der Waals surface area contributed by atoms with E-state index in [0.29, 0.717) is 12.0 Å². The number of aromatic carboxylic acids is 1. The summed E-state index contributed by atoms with van der Waals surface area (Å²) in [5.74, 6) is -0.876. The second kappa shape index (κ2) is 18.4. The number of ether oxygens (including phenoxy) is 1. The Labute approximate surface area is 215 Å². The molecule has 1 aromatic carbocycles. The van der Waals surface area contributed by atoms with Crippen molar-refractivity contribution in [2.75, 3.05) is 6.61 Å². The van der Waals surface area contributed by atoms with Crippen LogP contribution in [0.4, 0.5) is 0 Å². The summed E-state index contributed by atoms with van der Waals surface area (Å²) in [6.45, 7) is 9.58. The summed E-state index contributed by atoms with van der Waals surface area (Å²) in [6, 6.07) is 6.24. The number of carboxylic acid groups (broad SMARTS) is 1. The zero-order chi connectivity index (χ0) is 25.9. The van der Waals surface area contributed by atoms with Crippen molar-refractivity contribution in [2.45, 2.75) is 130 Å². The first-order valence-electron chi connectivity index (χ1n) is 14.2. The first-order valence-corrected chi connectivity index (χ1v) is 14.2. The third-order valence-electron chi connectivity index (χ3n) is 6.87. The van der Waals surface area contributed by atoms with Crippen molar-refractivity contribution in [2.24, 2.45) is 11.3 Å². The van der Waals surface area contributed by atoms with Crippen LogP contribution in [0.25, 0.3) is 0 Å². The Hall–Kier alpha value is -1.84. The standard InChI is InChI=1S/C31H52O4/c1-5-6-7-8-9-10-12-19-26(20-13-11-17-24-31(2,3)4)21-16-18-25-35-30(34)28-23-15-14-22-27(28)29(32)33/h14-15,22-23,26H,5-13,16-21,24-25H2,1-4H3,(H,32,33). The molecule has 0 aromatic heterocycles. The predicted octanol–water partition coefficient (Wildman–Crippen LogP) is 9.47. The number of hydrogen-bond donors (Lipinski definition) is 1. The fourth-order valence-electron chi connectivity index (χ4n) is 4.71. The predicted molar refractivity (Wildman–Crippen MR) is 146 cm³/mol. The van der Waals surface area contributed by atoms with E-state index in [2.05, 4.69) is 27.7 Å². The minimum Gasteiger partial charge on any atom is -0.478 e. The quantitative estimate of drug-likeness (QED) is 0.147. The Morgan fingerprint density at radius 3 is 1.86 bits per heavy atom. The molecule has 0 heterocycles. The van der Waals surface area contributed by atoms with Crippen LogP contribution in [0.1, 0.15) is 151 Å². The summed E-state index contributed by atoms with van der Waals surface area (Å²) >= 11 is 0. The molecule has 4 heteroatoms. The highest BCUT2D eigenvalue weighted by Gasteiger charge is 2.17. The van der Waals surface area contributed by atoms with Gasteiger partial charge in [-0.05, 0) is 42.7 Å². The number of esters is 1. The minimum absolute atomic E-state index is 0.00119. The Bertz CT molecular complexity index is 704. The molecule has 1 aromatic rings. The fourth-order valence-corrected chi connectivity index (χ4v) is 4.71. The van der Waals surface area contributed by atoms with Crippen molar-refractivity contribution in [3.63, 3.8) is 0 Å². The summed E-state index contributed by atoms with van der Waals surface area (Å²) in [7, 11) is 0. The van der Waals surface area contributed by atoms with Gasteiger partial charge in [0.15, 0.2) is 0 Å². The molecular formula is C31H52O4. The minimum atomic E-state index is -1.10. The topological polar surface area (TPSA) is 63.6 Å². The molecule has 1 rings (SSSR count). The van der Waals surface area contributed by atoms with Crippen molar-refractivity contribution >= 4 is 11.9 Å². The summed E-state index contributed by atoms with van der Waals surface area (Å²) in [4.78, 5) is 23.6. The van der Waals surface area contributed by atoms with E-state index in [4.69, 9.17) is 4.74 Å². The average molecular weight is 489 g/mol. The van der Waals surface area contributed by atoms with Crippen LogP contribution in [-0.4, -0.2) is 23.7 Å². The number of benzene rings is 1. The molecule has 0 bridgehead atoms. The maximum Gasteiger partial charge on any atom is 0.339 e. The summed E-state index contributed by atoms with van der Waals surface area (Å²) in [5.41, 5.74) is 0.561. The highest BCUT2D eigenvalue weighted by molar-refractivity contribution is 6.02. The van der Waals surface area contributed by atoms with Crippen LogP contribution in [0, 0.1) is 11.3 Å². The monoisotopic (exact) mass is 488 g/mol. The first kappa shape index (κ1) is 31.2. The van der Waals surface area contributed by atoms with E-state index in [1.54, 1.807) is 12.1 Å². The van der Waals surface area contributed by atoms with Gasteiger partial charge in [0.2, 0.25) is 0 Å². The van der Waals surface area contributed by atoms with Crippen molar-refractivity contribution in [1.29, 1.82) is 0 Å². The lowest BCUT2D eigenvalue weighted by Crippen LogP contribution is -2.12. The Morgan fingerprint density at radius 1 is 0.771 bits per heavy atom. The highest BCUT2D eigenvalue weighted by Crippen LogP contribution is 2.26. The lowest BCUT2D eigenvalue weighted by molar-refractivity contribution is 0.0486. The lowest BCUT2D eigenvalue weighted by atomic mass is 9.87. The molecule has 0 saturated carbocycles.